The van der Waals surface area contributed by atoms with Crippen LogP contribution in [0.3, 0.4) is 0 Å². The molecule has 2 aromatic rings. The fourth-order valence-electron chi connectivity index (χ4n) is 2.67. The molecule has 1 aliphatic heterocycles. The number of sulfone groups is 1. The highest BCUT2D eigenvalue weighted by molar-refractivity contribution is 7.91. The van der Waals surface area contributed by atoms with E-state index in [0.717, 1.165) is 15.9 Å². The highest BCUT2D eigenvalue weighted by Crippen LogP contribution is 2.32. The van der Waals surface area contributed by atoms with Crippen molar-refractivity contribution in [2.45, 2.75) is 19.8 Å². The van der Waals surface area contributed by atoms with Gasteiger partial charge in [0.1, 0.15) is 4.83 Å². The summed E-state index contributed by atoms with van der Waals surface area (Å²) in [5.41, 5.74) is 0.994. The van der Waals surface area contributed by atoms with Crippen LogP contribution >= 0.6 is 11.3 Å². The van der Waals surface area contributed by atoms with Crippen molar-refractivity contribution in [1.29, 1.82) is 0 Å². The minimum absolute atomic E-state index is 0.0580. The molecule has 6 nitrogen and oxygen atoms in total. The summed E-state index contributed by atoms with van der Waals surface area (Å²) in [7, 11) is -1.09. The molecule has 1 saturated heterocycles. The number of nitrogens with zero attached hydrogens (tertiary/aromatic N) is 3. The first-order chi connectivity index (χ1) is 10.3. The summed E-state index contributed by atoms with van der Waals surface area (Å²) in [5.74, 6) is 0.331. The monoisotopic (exact) mass is 341 g/mol. The Hall–Kier alpha value is -1.41. The summed E-state index contributed by atoms with van der Waals surface area (Å²) < 4.78 is 24.8. The Morgan fingerprint density at radius 3 is 2.55 bits per heavy atom. The molecule has 8 heteroatoms. The van der Waals surface area contributed by atoms with Crippen LogP contribution in [0.2, 0.25) is 0 Å². The predicted molar refractivity (Wildman–Crippen MR) is 87.2 cm³/mol. The minimum Gasteiger partial charge on any atom is -0.336 e. The minimum atomic E-state index is -2.97. The second-order valence-electron chi connectivity index (χ2n) is 5.94. The average molecular weight is 341 g/mol. The Balaban J connectivity index is 1.90. The van der Waals surface area contributed by atoms with Gasteiger partial charge in [-0.3, -0.25) is 9.48 Å². The Bertz CT molecular complexity index is 819. The van der Waals surface area contributed by atoms with Gasteiger partial charge < -0.3 is 4.90 Å². The highest BCUT2D eigenvalue weighted by Gasteiger charge is 2.27. The molecule has 0 bridgehead atoms. The summed E-state index contributed by atoms with van der Waals surface area (Å²) >= 11 is 1.42. The third-order valence-corrected chi connectivity index (χ3v) is 6.73. The van der Waals surface area contributed by atoms with Crippen LogP contribution in [0, 0.1) is 0 Å². The van der Waals surface area contributed by atoms with Crippen LogP contribution in [0.1, 0.15) is 35.1 Å². The molecule has 0 atom stereocenters. The van der Waals surface area contributed by atoms with Gasteiger partial charge in [0, 0.05) is 25.5 Å². The Kier molecular flexibility index (Phi) is 3.76. The number of carbonyl (C=O) groups is 1. The lowest BCUT2D eigenvalue weighted by molar-refractivity contribution is 0.0775. The van der Waals surface area contributed by atoms with Crippen molar-refractivity contribution in [1.82, 2.24) is 14.7 Å². The van der Waals surface area contributed by atoms with E-state index in [-0.39, 0.29) is 30.5 Å². The zero-order chi connectivity index (χ0) is 16.1. The largest absolute Gasteiger partial charge is 0.336 e. The summed E-state index contributed by atoms with van der Waals surface area (Å²) in [6.07, 6.45) is 0. The smallest absolute Gasteiger partial charge is 0.264 e. The van der Waals surface area contributed by atoms with Crippen LogP contribution in [-0.2, 0) is 16.9 Å². The summed E-state index contributed by atoms with van der Waals surface area (Å²) in [4.78, 5) is 15.9. The lowest BCUT2D eigenvalue weighted by Gasteiger charge is -2.26. The van der Waals surface area contributed by atoms with Crippen molar-refractivity contribution in [2.75, 3.05) is 24.6 Å². The first-order valence-electron chi connectivity index (χ1n) is 7.24. The van der Waals surface area contributed by atoms with Gasteiger partial charge in [0.2, 0.25) is 0 Å². The first kappa shape index (κ1) is 15.5. The summed E-state index contributed by atoms with van der Waals surface area (Å²) in [6.45, 7) is 4.72. The molecule has 0 saturated carbocycles. The Morgan fingerprint density at radius 2 is 1.95 bits per heavy atom. The number of fused-ring (bicyclic) bond motifs is 1. The molecule has 120 valence electrons. The van der Waals surface area contributed by atoms with Crippen LogP contribution in [0.5, 0.6) is 0 Å². The average Bonchev–Trinajstić information content (AvgIpc) is 2.99. The number of rotatable bonds is 2. The number of thiophene rings is 1. The lowest BCUT2D eigenvalue weighted by Crippen LogP contribution is -2.43. The van der Waals surface area contributed by atoms with E-state index in [4.69, 9.17) is 0 Å². The van der Waals surface area contributed by atoms with Crippen LogP contribution in [-0.4, -0.2) is 53.6 Å². The van der Waals surface area contributed by atoms with Gasteiger partial charge in [-0.2, -0.15) is 5.10 Å². The Labute approximate surface area is 133 Å². The van der Waals surface area contributed by atoms with Gasteiger partial charge in [-0.15, -0.1) is 11.3 Å². The summed E-state index contributed by atoms with van der Waals surface area (Å²) in [5, 5.41) is 5.53. The van der Waals surface area contributed by atoms with Crippen molar-refractivity contribution < 1.29 is 13.2 Å². The molecular formula is C14H19N3O3S2. The van der Waals surface area contributed by atoms with Crippen molar-refractivity contribution in [3.63, 3.8) is 0 Å². The quantitative estimate of drug-likeness (QED) is 0.832. The number of aromatic nitrogens is 2. The third-order valence-electron chi connectivity index (χ3n) is 3.93. The molecule has 2 aromatic heterocycles. The topological polar surface area (TPSA) is 72.3 Å². The van der Waals surface area contributed by atoms with Gasteiger partial charge >= 0.3 is 0 Å². The third kappa shape index (κ3) is 2.65. The molecule has 0 spiro atoms. The van der Waals surface area contributed by atoms with E-state index in [2.05, 4.69) is 18.9 Å². The van der Waals surface area contributed by atoms with E-state index in [1.54, 1.807) is 4.90 Å². The molecule has 1 amide bonds. The van der Waals surface area contributed by atoms with E-state index in [0.29, 0.717) is 10.8 Å². The zero-order valence-corrected chi connectivity index (χ0v) is 14.5. The SMILES string of the molecule is CC(C)c1nn(C)c2sc(C(=O)N3CCS(=O)(=O)CC3)cc12. The predicted octanol–water partition coefficient (Wildman–Crippen LogP) is 1.63. The molecule has 0 N–H and O–H groups in total. The molecular weight excluding hydrogens is 322 g/mol. The molecule has 0 aliphatic carbocycles. The zero-order valence-electron chi connectivity index (χ0n) is 12.9. The fraction of sp³-hybridized carbons (Fsp3) is 0.571. The second-order valence-corrected chi connectivity index (χ2v) is 9.27. The maximum atomic E-state index is 12.6. The van der Waals surface area contributed by atoms with E-state index >= 15 is 0 Å². The Morgan fingerprint density at radius 1 is 1.32 bits per heavy atom. The second kappa shape index (κ2) is 5.34. The molecule has 22 heavy (non-hydrogen) atoms. The van der Waals surface area contributed by atoms with Gasteiger partial charge in [0.25, 0.3) is 5.91 Å². The molecule has 0 aromatic carbocycles. The van der Waals surface area contributed by atoms with Crippen molar-refractivity contribution in [2.24, 2.45) is 7.05 Å². The van der Waals surface area contributed by atoms with Gasteiger partial charge in [0.05, 0.1) is 22.1 Å². The number of aryl methyl sites for hydroxylation is 1. The fourth-order valence-corrected chi connectivity index (χ4v) is 4.92. The molecule has 1 fully saturated rings. The van der Waals surface area contributed by atoms with Crippen LogP contribution in [0.4, 0.5) is 0 Å². The van der Waals surface area contributed by atoms with Gasteiger partial charge in [-0.1, -0.05) is 13.8 Å². The number of hydrogen-bond donors (Lipinski definition) is 0. The van der Waals surface area contributed by atoms with Crippen molar-refractivity contribution in [3.05, 3.63) is 16.6 Å². The van der Waals surface area contributed by atoms with Crippen LogP contribution < -0.4 is 0 Å². The lowest BCUT2D eigenvalue weighted by atomic mass is 10.1. The van der Waals surface area contributed by atoms with Crippen LogP contribution in [0.25, 0.3) is 10.2 Å². The standard InChI is InChI=1S/C14H19N3O3S2/c1-9(2)12-10-8-11(21-14(10)16(3)15-12)13(18)17-4-6-22(19,20)7-5-17/h8-9H,4-7H2,1-3H3. The molecule has 0 radical (unpaired) electrons. The number of hydrogen-bond acceptors (Lipinski definition) is 5. The summed E-state index contributed by atoms with van der Waals surface area (Å²) in [6, 6.07) is 1.90. The molecule has 3 rings (SSSR count). The van der Waals surface area contributed by atoms with Gasteiger partial charge in [0.15, 0.2) is 9.84 Å². The van der Waals surface area contributed by atoms with Crippen molar-refractivity contribution >= 4 is 37.3 Å². The van der Waals surface area contributed by atoms with Gasteiger partial charge in [-0.05, 0) is 12.0 Å². The maximum Gasteiger partial charge on any atom is 0.264 e. The molecule has 1 aliphatic rings. The molecule has 0 unspecified atom stereocenters. The number of carbonyl (C=O) groups excluding carboxylic acids is 1. The normalized spacial score (nSPS) is 18.3. The van der Waals surface area contributed by atoms with E-state index < -0.39 is 9.84 Å². The maximum absolute atomic E-state index is 12.6. The van der Waals surface area contributed by atoms with E-state index in [1.807, 2.05) is 17.8 Å². The van der Waals surface area contributed by atoms with Crippen molar-refractivity contribution in [3.8, 4) is 0 Å². The highest BCUT2D eigenvalue weighted by atomic mass is 32.2. The van der Waals surface area contributed by atoms with Gasteiger partial charge in [-0.25, -0.2) is 8.42 Å². The first-order valence-corrected chi connectivity index (χ1v) is 9.88. The number of amides is 1. The van der Waals surface area contributed by atoms with Crippen LogP contribution in [0.15, 0.2) is 6.07 Å². The van der Waals surface area contributed by atoms with E-state index in [1.165, 1.54) is 11.3 Å². The van der Waals surface area contributed by atoms with E-state index in [9.17, 15) is 13.2 Å². The molecule has 3 heterocycles.